The third-order valence-corrected chi connectivity index (χ3v) is 5.22. The third kappa shape index (κ3) is 4.62. The predicted octanol–water partition coefficient (Wildman–Crippen LogP) is 2.45. The molecule has 0 aliphatic carbocycles. The van der Waals surface area contributed by atoms with Crippen LogP contribution < -0.4 is 10.9 Å². The van der Waals surface area contributed by atoms with Crippen LogP contribution in [0.4, 0.5) is 8.78 Å². The van der Waals surface area contributed by atoms with Gasteiger partial charge in [0, 0.05) is 38.7 Å². The topological polar surface area (TPSA) is 54.3 Å². The van der Waals surface area contributed by atoms with Crippen LogP contribution in [0, 0.1) is 12.8 Å². The lowest BCUT2D eigenvalue weighted by atomic mass is 9.99. The molecule has 2 aliphatic rings. The van der Waals surface area contributed by atoms with Crippen LogP contribution in [-0.4, -0.2) is 47.5 Å². The summed E-state index contributed by atoms with van der Waals surface area (Å²) in [5, 5.41) is 3.32. The molecule has 1 atom stereocenters. The maximum atomic E-state index is 13.3. The van der Waals surface area contributed by atoms with E-state index < -0.39 is 11.8 Å². The molecule has 0 saturated carbocycles. The molecule has 1 aromatic rings. The van der Waals surface area contributed by atoms with Crippen molar-refractivity contribution in [3.63, 3.8) is 0 Å². The molecule has 0 aromatic carbocycles. The van der Waals surface area contributed by atoms with Gasteiger partial charge in [-0.15, -0.1) is 12.4 Å². The lowest BCUT2D eigenvalue weighted by Crippen LogP contribution is -2.45. The van der Waals surface area contributed by atoms with Crippen molar-refractivity contribution >= 4 is 18.3 Å². The Labute approximate surface area is 158 Å². The van der Waals surface area contributed by atoms with E-state index in [4.69, 9.17) is 0 Å². The molecule has 3 heterocycles. The molecule has 3 rings (SSSR count). The highest BCUT2D eigenvalue weighted by molar-refractivity contribution is 5.95. The molecule has 0 spiro atoms. The molecular formula is C18H26ClF2N3O2. The SMILES string of the molecule is Cc1ccn(CC2CCCNC2)c(=O)c1C(=O)N1CCC(F)(F)CC1.Cl. The molecular weight excluding hydrogens is 364 g/mol. The number of nitrogens with zero attached hydrogens (tertiary/aromatic N) is 2. The Kier molecular flexibility index (Phi) is 6.80. The first-order chi connectivity index (χ1) is 11.9. The second-order valence-corrected chi connectivity index (χ2v) is 7.19. The zero-order chi connectivity index (χ0) is 18.0. The molecule has 2 fully saturated rings. The van der Waals surface area contributed by atoms with Crippen LogP contribution in [-0.2, 0) is 6.54 Å². The summed E-state index contributed by atoms with van der Waals surface area (Å²) in [6, 6.07) is 1.77. The van der Waals surface area contributed by atoms with E-state index in [-0.39, 0.29) is 49.5 Å². The van der Waals surface area contributed by atoms with E-state index in [0.29, 0.717) is 18.0 Å². The number of aromatic nitrogens is 1. The van der Waals surface area contributed by atoms with E-state index in [9.17, 15) is 18.4 Å². The van der Waals surface area contributed by atoms with Crippen molar-refractivity contribution in [2.24, 2.45) is 5.92 Å². The number of likely N-dealkylation sites (tertiary alicyclic amines) is 1. The Balaban J connectivity index is 0.00000243. The molecule has 2 aliphatic heterocycles. The standard InChI is InChI=1S/C18H25F2N3O2.ClH/c1-13-4-8-23(12-14-3-2-7-21-11-14)17(25)15(13)16(24)22-9-5-18(19,20)6-10-22;/h4,8,14,21H,2-3,5-7,9-12H2,1H3;1H. The van der Waals surface area contributed by atoms with Crippen LogP contribution in [0.15, 0.2) is 17.1 Å². The predicted molar refractivity (Wildman–Crippen MR) is 98.4 cm³/mol. The number of halogens is 3. The number of alkyl halides is 2. The van der Waals surface area contributed by atoms with Crippen molar-refractivity contribution in [2.45, 2.75) is 45.1 Å². The highest BCUT2D eigenvalue weighted by atomic mass is 35.5. The van der Waals surface area contributed by atoms with Crippen LogP contribution in [0.2, 0.25) is 0 Å². The van der Waals surface area contributed by atoms with E-state index in [2.05, 4.69) is 5.32 Å². The van der Waals surface area contributed by atoms with E-state index in [1.807, 2.05) is 0 Å². The molecule has 146 valence electrons. The largest absolute Gasteiger partial charge is 0.338 e. The average molecular weight is 390 g/mol. The van der Waals surface area contributed by atoms with Gasteiger partial charge in [-0.1, -0.05) is 0 Å². The number of aryl methyl sites for hydroxylation is 1. The third-order valence-electron chi connectivity index (χ3n) is 5.22. The fraction of sp³-hybridized carbons (Fsp3) is 0.667. The summed E-state index contributed by atoms with van der Waals surface area (Å²) >= 11 is 0. The maximum Gasteiger partial charge on any atom is 0.263 e. The van der Waals surface area contributed by atoms with Gasteiger partial charge >= 0.3 is 0 Å². The molecule has 1 unspecified atom stereocenters. The van der Waals surface area contributed by atoms with Crippen LogP contribution in [0.3, 0.4) is 0 Å². The molecule has 8 heteroatoms. The Hall–Kier alpha value is -1.47. The smallest absolute Gasteiger partial charge is 0.263 e. The maximum absolute atomic E-state index is 13.3. The second kappa shape index (κ2) is 8.48. The first-order valence-electron chi connectivity index (χ1n) is 8.95. The zero-order valence-corrected chi connectivity index (χ0v) is 15.8. The highest BCUT2D eigenvalue weighted by Gasteiger charge is 2.36. The van der Waals surface area contributed by atoms with Crippen LogP contribution in [0.1, 0.15) is 41.6 Å². The zero-order valence-electron chi connectivity index (χ0n) is 15.0. The monoisotopic (exact) mass is 389 g/mol. The fourth-order valence-corrected chi connectivity index (χ4v) is 3.62. The second-order valence-electron chi connectivity index (χ2n) is 7.19. The van der Waals surface area contributed by atoms with E-state index in [1.165, 1.54) is 4.90 Å². The number of nitrogens with one attached hydrogen (secondary N) is 1. The van der Waals surface area contributed by atoms with Gasteiger partial charge in [0.25, 0.3) is 17.4 Å². The summed E-state index contributed by atoms with van der Waals surface area (Å²) in [6.45, 7) is 4.15. The summed E-state index contributed by atoms with van der Waals surface area (Å²) in [7, 11) is 0. The van der Waals surface area contributed by atoms with Gasteiger partial charge in [0.15, 0.2) is 0 Å². The van der Waals surface area contributed by atoms with E-state index in [0.717, 1.165) is 25.9 Å². The van der Waals surface area contributed by atoms with Gasteiger partial charge in [-0.05, 0) is 50.4 Å². The minimum absolute atomic E-state index is 0. The van der Waals surface area contributed by atoms with Gasteiger partial charge in [0.05, 0.1) is 0 Å². The Morgan fingerprint density at radius 2 is 2.04 bits per heavy atom. The number of hydrogen-bond donors (Lipinski definition) is 1. The molecule has 1 N–H and O–H groups in total. The number of pyridine rings is 1. The summed E-state index contributed by atoms with van der Waals surface area (Å²) in [5.41, 5.74) is 0.412. The van der Waals surface area contributed by atoms with E-state index >= 15 is 0 Å². The van der Waals surface area contributed by atoms with Gasteiger partial charge in [-0.2, -0.15) is 0 Å². The van der Waals surface area contributed by atoms with Gasteiger partial charge in [-0.3, -0.25) is 9.59 Å². The summed E-state index contributed by atoms with van der Waals surface area (Å²) in [5.74, 6) is -2.77. The van der Waals surface area contributed by atoms with Crippen molar-refractivity contribution in [3.8, 4) is 0 Å². The Morgan fingerprint density at radius 1 is 1.35 bits per heavy atom. The van der Waals surface area contributed by atoms with Crippen molar-refractivity contribution in [1.29, 1.82) is 0 Å². The summed E-state index contributed by atoms with van der Waals surface area (Å²) in [6.07, 6.45) is 3.18. The van der Waals surface area contributed by atoms with Crippen molar-refractivity contribution in [2.75, 3.05) is 26.2 Å². The molecule has 0 radical (unpaired) electrons. The molecule has 26 heavy (non-hydrogen) atoms. The summed E-state index contributed by atoms with van der Waals surface area (Å²) < 4.78 is 28.2. The van der Waals surface area contributed by atoms with Gasteiger partial charge in [0.2, 0.25) is 0 Å². The van der Waals surface area contributed by atoms with Crippen LogP contribution >= 0.6 is 12.4 Å². The fourth-order valence-electron chi connectivity index (χ4n) is 3.62. The summed E-state index contributed by atoms with van der Waals surface area (Å²) in [4.78, 5) is 27.0. The molecule has 0 bridgehead atoms. The highest BCUT2D eigenvalue weighted by Crippen LogP contribution is 2.28. The minimum Gasteiger partial charge on any atom is -0.338 e. The first-order valence-corrected chi connectivity index (χ1v) is 8.95. The number of amides is 1. The van der Waals surface area contributed by atoms with E-state index in [1.54, 1.807) is 23.8 Å². The molecule has 5 nitrogen and oxygen atoms in total. The number of carbonyl (C=O) groups is 1. The average Bonchev–Trinajstić information content (AvgIpc) is 2.58. The van der Waals surface area contributed by atoms with Crippen LogP contribution in [0.5, 0.6) is 0 Å². The molecule has 1 aromatic heterocycles. The lowest BCUT2D eigenvalue weighted by molar-refractivity contribution is -0.0494. The number of rotatable bonds is 3. The minimum atomic E-state index is -2.71. The van der Waals surface area contributed by atoms with Crippen molar-refractivity contribution < 1.29 is 13.6 Å². The van der Waals surface area contributed by atoms with Crippen LogP contribution in [0.25, 0.3) is 0 Å². The Morgan fingerprint density at radius 3 is 2.65 bits per heavy atom. The van der Waals surface area contributed by atoms with Gasteiger partial charge in [-0.25, -0.2) is 8.78 Å². The lowest BCUT2D eigenvalue weighted by Gasteiger charge is -2.32. The number of carbonyl (C=O) groups excluding carboxylic acids is 1. The van der Waals surface area contributed by atoms with Gasteiger partial charge in [0.1, 0.15) is 5.56 Å². The Bertz CT molecular complexity index is 692. The quantitative estimate of drug-likeness (QED) is 0.864. The first kappa shape index (κ1) is 20.8. The number of piperidine rings is 2. The molecule has 2 saturated heterocycles. The van der Waals surface area contributed by atoms with Crippen molar-refractivity contribution in [1.82, 2.24) is 14.8 Å². The van der Waals surface area contributed by atoms with Crippen molar-refractivity contribution in [3.05, 3.63) is 33.7 Å². The normalized spacial score (nSPS) is 22.6. The molecule has 1 amide bonds. The van der Waals surface area contributed by atoms with Gasteiger partial charge < -0.3 is 14.8 Å². The number of hydrogen-bond acceptors (Lipinski definition) is 3.